The molecule has 0 amide bonds. The lowest BCUT2D eigenvalue weighted by atomic mass is 10.1. The molecule has 2 N–H and O–H groups in total. The summed E-state index contributed by atoms with van der Waals surface area (Å²) in [5.41, 5.74) is 0.961. The van der Waals surface area contributed by atoms with Crippen molar-refractivity contribution in [2.75, 3.05) is 6.54 Å². The second kappa shape index (κ2) is 7.09. The monoisotopic (exact) mass is 313 g/mol. The van der Waals surface area contributed by atoms with Crippen LogP contribution in [-0.4, -0.2) is 27.5 Å². The first-order valence-electron chi connectivity index (χ1n) is 6.40. The summed E-state index contributed by atoms with van der Waals surface area (Å²) in [5, 5.41) is 18.5. The van der Waals surface area contributed by atoms with Crippen LogP contribution in [0.3, 0.4) is 0 Å². The molecule has 0 radical (unpaired) electrons. The smallest absolute Gasteiger partial charge is 0.0860 e. The Morgan fingerprint density at radius 2 is 2.20 bits per heavy atom. The van der Waals surface area contributed by atoms with E-state index in [1.54, 1.807) is 23.0 Å². The Hall–Kier alpha value is -1.07. The van der Waals surface area contributed by atoms with Crippen LogP contribution in [0.5, 0.6) is 0 Å². The van der Waals surface area contributed by atoms with E-state index in [9.17, 15) is 5.11 Å². The van der Waals surface area contributed by atoms with E-state index in [4.69, 9.17) is 23.2 Å². The molecule has 0 saturated carbocycles. The van der Waals surface area contributed by atoms with Crippen LogP contribution in [0.15, 0.2) is 36.7 Å². The average molecular weight is 314 g/mol. The Balaban J connectivity index is 1.86. The summed E-state index contributed by atoms with van der Waals surface area (Å²) in [6.07, 6.45) is 3.00. The van der Waals surface area contributed by atoms with E-state index >= 15 is 0 Å². The third kappa shape index (κ3) is 4.21. The predicted molar refractivity (Wildman–Crippen MR) is 81.1 cm³/mol. The Kier molecular flexibility index (Phi) is 5.43. The fourth-order valence-corrected chi connectivity index (χ4v) is 2.54. The zero-order chi connectivity index (χ0) is 14.5. The molecule has 2 unspecified atom stereocenters. The lowest BCUT2D eigenvalue weighted by Crippen LogP contribution is -2.32. The van der Waals surface area contributed by atoms with Crippen molar-refractivity contribution in [2.24, 2.45) is 0 Å². The lowest BCUT2D eigenvalue weighted by molar-refractivity contribution is 0.143. The first-order chi connectivity index (χ1) is 9.56. The number of aromatic nitrogens is 2. The summed E-state index contributed by atoms with van der Waals surface area (Å²) in [5.74, 6) is 0. The number of nitrogens with one attached hydrogen (secondary N) is 1. The Morgan fingerprint density at radius 3 is 2.85 bits per heavy atom. The first-order valence-corrected chi connectivity index (χ1v) is 7.15. The summed E-state index contributed by atoms with van der Waals surface area (Å²) in [4.78, 5) is 0. The number of aliphatic hydroxyl groups excluding tert-OH is 1. The Bertz CT molecular complexity index is 545. The van der Waals surface area contributed by atoms with Crippen molar-refractivity contribution >= 4 is 23.2 Å². The van der Waals surface area contributed by atoms with Crippen LogP contribution in [0.2, 0.25) is 10.0 Å². The molecule has 0 aliphatic rings. The Labute approximate surface area is 128 Å². The zero-order valence-corrected chi connectivity index (χ0v) is 12.6. The minimum absolute atomic E-state index is 0.0343. The van der Waals surface area contributed by atoms with Crippen molar-refractivity contribution in [3.05, 3.63) is 52.3 Å². The maximum absolute atomic E-state index is 9.95. The van der Waals surface area contributed by atoms with Gasteiger partial charge in [-0.2, -0.15) is 5.10 Å². The van der Waals surface area contributed by atoms with E-state index in [-0.39, 0.29) is 6.04 Å². The summed E-state index contributed by atoms with van der Waals surface area (Å²) in [7, 11) is 0. The molecule has 1 aromatic carbocycles. The van der Waals surface area contributed by atoms with Crippen molar-refractivity contribution in [1.82, 2.24) is 15.1 Å². The fourth-order valence-electron chi connectivity index (χ4n) is 1.96. The van der Waals surface area contributed by atoms with Gasteiger partial charge in [-0.25, -0.2) is 0 Å². The van der Waals surface area contributed by atoms with E-state index in [0.717, 1.165) is 5.56 Å². The number of rotatable bonds is 6. The SMILES string of the molecule is CC(NCC(O)Cn1cccn1)c1ccc(Cl)cc1Cl. The van der Waals surface area contributed by atoms with E-state index in [1.807, 2.05) is 25.3 Å². The molecule has 1 heterocycles. The molecule has 0 aliphatic carbocycles. The molecule has 1 aromatic heterocycles. The summed E-state index contributed by atoms with van der Waals surface area (Å²) in [6.45, 7) is 2.91. The maximum Gasteiger partial charge on any atom is 0.0860 e. The van der Waals surface area contributed by atoms with Gasteiger partial charge in [0, 0.05) is 35.0 Å². The molecule has 2 aromatic rings. The number of aliphatic hydroxyl groups is 1. The zero-order valence-electron chi connectivity index (χ0n) is 11.1. The molecule has 6 heteroatoms. The molecular formula is C14H17Cl2N3O. The predicted octanol–water partition coefficient (Wildman–Crippen LogP) is 2.90. The second-order valence-corrected chi connectivity index (χ2v) is 5.52. The van der Waals surface area contributed by atoms with Gasteiger partial charge in [0.1, 0.15) is 0 Å². The van der Waals surface area contributed by atoms with E-state index < -0.39 is 6.10 Å². The van der Waals surface area contributed by atoms with Crippen molar-refractivity contribution in [1.29, 1.82) is 0 Å². The molecule has 2 rings (SSSR count). The van der Waals surface area contributed by atoms with Crippen LogP contribution in [0.25, 0.3) is 0 Å². The topological polar surface area (TPSA) is 50.1 Å². The highest BCUT2D eigenvalue weighted by atomic mass is 35.5. The second-order valence-electron chi connectivity index (χ2n) is 4.68. The number of halogens is 2. The van der Waals surface area contributed by atoms with Gasteiger partial charge < -0.3 is 10.4 Å². The maximum atomic E-state index is 9.95. The Morgan fingerprint density at radius 1 is 1.40 bits per heavy atom. The number of hydrogen-bond donors (Lipinski definition) is 2. The number of benzene rings is 1. The summed E-state index contributed by atoms with van der Waals surface area (Å²) < 4.78 is 1.70. The van der Waals surface area contributed by atoms with Crippen LogP contribution in [0.1, 0.15) is 18.5 Å². The molecule has 0 fully saturated rings. The normalized spacial score (nSPS) is 14.2. The van der Waals surface area contributed by atoms with Crippen molar-refractivity contribution in [2.45, 2.75) is 25.6 Å². The van der Waals surface area contributed by atoms with Crippen LogP contribution in [-0.2, 0) is 6.54 Å². The molecular weight excluding hydrogens is 297 g/mol. The van der Waals surface area contributed by atoms with Crippen LogP contribution < -0.4 is 5.32 Å². The van der Waals surface area contributed by atoms with Crippen molar-refractivity contribution in [3.8, 4) is 0 Å². The highest BCUT2D eigenvalue weighted by Gasteiger charge is 2.12. The summed E-state index contributed by atoms with van der Waals surface area (Å²) >= 11 is 12.0. The van der Waals surface area contributed by atoms with Gasteiger partial charge >= 0.3 is 0 Å². The van der Waals surface area contributed by atoms with Gasteiger partial charge in [0.05, 0.1) is 12.6 Å². The minimum Gasteiger partial charge on any atom is -0.390 e. The summed E-state index contributed by atoms with van der Waals surface area (Å²) in [6, 6.07) is 7.28. The molecule has 0 bridgehead atoms. The highest BCUT2D eigenvalue weighted by molar-refractivity contribution is 6.35. The van der Waals surface area contributed by atoms with Gasteiger partial charge in [0.25, 0.3) is 0 Å². The quantitative estimate of drug-likeness (QED) is 0.862. The standard InChI is InChI=1S/C14H17Cl2N3O/c1-10(13-4-3-11(15)7-14(13)16)17-8-12(20)9-19-6-2-5-18-19/h2-7,10,12,17,20H,8-9H2,1H3. The van der Waals surface area contributed by atoms with Gasteiger partial charge in [-0.3, -0.25) is 4.68 Å². The lowest BCUT2D eigenvalue weighted by Gasteiger charge is -2.18. The molecule has 0 aliphatic heterocycles. The third-order valence-corrected chi connectivity index (χ3v) is 3.61. The van der Waals surface area contributed by atoms with Gasteiger partial charge in [-0.05, 0) is 30.7 Å². The van der Waals surface area contributed by atoms with Crippen LogP contribution >= 0.6 is 23.2 Å². The molecule has 0 saturated heterocycles. The molecule has 20 heavy (non-hydrogen) atoms. The van der Waals surface area contributed by atoms with Crippen LogP contribution in [0.4, 0.5) is 0 Å². The third-order valence-electron chi connectivity index (χ3n) is 3.05. The number of nitrogens with zero attached hydrogens (tertiary/aromatic N) is 2. The van der Waals surface area contributed by atoms with Gasteiger partial charge in [-0.15, -0.1) is 0 Å². The van der Waals surface area contributed by atoms with Crippen molar-refractivity contribution < 1.29 is 5.11 Å². The van der Waals surface area contributed by atoms with E-state index in [1.165, 1.54) is 0 Å². The average Bonchev–Trinajstić information content (AvgIpc) is 2.89. The fraction of sp³-hybridized carbons (Fsp3) is 0.357. The number of hydrogen-bond acceptors (Lipinski definition) is 3. The largest absolute Gasteiger partial charge is 0.390 e. The van der Waals surface area contributed by atoms with E-state index in [2.05, 4.69) is 10.4 Å². The molecule has 108 valence electrons. The van der Waals surface area contributed by atoms with Crippen LogP contribution in [0, 0.1) is 0 Å². The van der Waals surface area contributed by atoms with E-state index in [0.29, 0.717) is 23.1 Å². The van der Waals surface area contributed by atoms with Gasteiger partial charge in [0.15, 0.2) is 0 Å². The molecule has 0 spiro atoms. The van der Waals surface area contributed by atoms with Gasteiger partial charge in [0.2, 0.25) is 0 Å². The van der Waals surface area contributed by atoms with Gasteiger partial charge in [-0.1, -0.05) is 29.3 Å². The first kappa shape index (κ1) is 15.3. The molecule has 2 atom stereocenters. The minimum atomic E-state index is -0.511. The van der Waals surface area contributed by atoms with Crippen molar-refractivity contribution in [3.63, 3.8) is 0 Å². The molecule has 4 nitrogen and oxygen atoms in total. The highest BCUT2D eigenvalue weighted by Crippen LogP contribution is 2.25.